The van der Waals surface area contributed by atoms with Gasteiger partial charge in [0.25, 0.3) is 5.24 Å². The zero-order chi connectivity index (χ0) is 20.7. The van der Waals surface area contributed by atoms with Gasteiger partial charge in [-0.1, -0.05) is 35.5 Å². The molecule has 2 amide bonds. The SMILES string of the molecule is O=C1NC(=O)C([C@@H]2CCc3cc(Oc4ccc(CN5CCCC5)cc4Cl)ccc32)S1. The molecule has 0 radical (unpaired) electrons. The molecule has 0 bridgehead atoms. The lowest BCUT2D eigenvalue weighted by atomic mass is 9.97. The number of rotatable bonds is 5. The quantitative estimate of drug-likeness (QED) is 0.697. The Labute approximate surface area is 185 Å². The second kappa shape index (κ2) is 8.25. The maximum atomic E-state index is 12.1. The third-order valence-corrected chi connectivity index (χ3v) is 7.56. The van der Waals surface area contributed by atoms with Crippen molar-refractivity contribution < 1.29 is 14.3 Å². The molecule has 156 valence electrons. The van der Waals surface area contributed by atoms with Crippen LogP contribution in [-0.4, -0.2) is 34.4 Å². The maximum absolute atomic E-state index is 12.1. The van der Waals surface area contributed by atoms with Gasteiger partial charge in [0, 0.05) is 12.5 Å². The topological polar surface area (TPSA) is 58.6 Å². The number of thioether (sulfide) groups is 1. The van der Waals surface area contributed by atoms with Gasteiger partial charge in [-0.05, 0) is 79.7 Å². The van der Waals surface area contributed by atoms with Gasteiger partial charge in [-0.3, -0.25) is 19.8 Å². The van der Waals surface area contributed by atoms with Crippen molar-refractivity contribution in [3.63, 3.8) is 0 Å². The number of hydrogen-bond acceptors (Lipinski definition) is 5. The zero-order valence-electron chi connectivity index (χ0n) is 16.5. The van der Waals surface area contributed by atoms with E-state index in [0.717, 1.165) is 55.6 Å². The van der Waals surface area contributed by atoms with Crippen LogP contribution in [0.4, 0.5) is 4.79 Å². The minimum atomic E-state index is -0.330. The van der Waals surface area contributed by atoms with Crippen molar-refractivity contribution in [1.82, 2.24) is 10.2 Å². The summed E-state index contributed by atoms with van der Waals surface area (Å²) in [5, 5.41) is 2.43. The summed E-state index contributed by atoms with van der Waals surface area (Å²) in [5.41, 5.74) is 3.51. The molecule has 2 aliphatic heterocycles. The van der Waals surface area contributed by atoms with Crippen LogP contribution in [0.3, 0.4) is 0 Å². The molecule has 2 fully saturated rings. The highest BCUT2D eigenvalue weighted by atomic mass is 35.5. The smallest absolute Gasteiger partial charge is 0.286 e. The first-order valence-electron chi connectivity index (χ1n) is 10.4. The minimum Gasteiger partial charge on any atom is -0.456 e. The Morgan fingerprint density at radius 1 is 1.13 bits per heavy atom. The van der Waals surface area contributed by atoms with Crippen LogP contribution in [0.25, 0.3) is 0 Å². The van der Waals surface area contributed by atoms with Crippen molar-refractivity contribution in [2.75, 3.05) is 13.1 Å². The highest BCUT2D eigenvalue weighted by molar-refractivity contribution is 8.15. The van der Waals surface area contributed by atoms with E-state index < -0.39 is 0 Å². The standard InChI is InChI=1S/C23H23ClN2O3S/c24-19-11-14(13-26-9-1-2-10-26)3-8-20(19)29-16-5-7-17-15(12-16)4-6-18(17)21-22(27)25-23(28)30-21/h3,5,7-8,11-12,18,21H,1-2,4,6,9-10,13H2,(H,25,27,28)/t18-,21?/m1/s1. The lowest BCUT2D eigenvalue weighted by Crippen LogP contribution is -2.27. The van der Waals surface area contributed by atoms with Gasteiger partial charge in [0.05, 0.1) is 5.02 Å². The van der Waals surface area contributed by atoms with Crippen molar-refractivity contribution in [3.05, 3.63) is 58.1 Å². The van der Waals surface area contributed by atoms with E-state index >= 15 is 0 Å². The molecule has 7 heteroatoms. The first-order valence-corrected chi connectivity index (χ1v) is 11.7. The number of carbonyl (C=O) groups excluding carboxylic acids is 2. The van der Waals surface area contributed by atoms with E-state index in [-0.39, 0.29) is 22.3 Å². The zero-order valence-corrected chi connectivity index (χ0v) is 18.1. The normalized spacial score (nSPS) is 23.6. The average molecular weight is 443 g/mol. The Morgan fingerprint density at radius 2 is 1.97 bits per heavy atom. The van der Waals surface area contributed by atoms with Crippen molar-refractivity contribution in [2.45, 2.75) is 43.4 Å². The van der Waals surface area contributed by atoms with Gasteiger partial charge in [-0.2, -0.15) is 0 Å². The number of halogens is 1. The van der Waals surface area contributed by atoms with E-state index in [1.165, 1.54) is 24.0 Å². The third-order valence-electron chi connectivity index (χ3n) is 6.15. The van der Waals surface area contributed by atoms with Crippen LogP contribution in [0, 0.1) is 0 Å². The summed E-state index contributed by atoms with van der Waals surface area (Å²) < 4.78 is 6.07. The number of amides is 2. The lowest BCUT2D eigenvalue weighted by Gasteiger charge is -2.17. The van der Waals surface area contributed by atoms with E-state index in [1.54, 1.807) is 0 Å². The van der Waals surface area contributed by atoms with Crippen molar-refractivity contribution in [3.8, 4) is 11.5 Å². The molecule has 2 saturated heterocycles. The number of hydrogen-bond donors (Lipinski definition) is 1. The van der Waals surface area contributed by atoms with Crippen LogP contribution < -0.4 is 10.1 Å². The molecule has 1 N–H and O–H groups in total. The van der Waals surface area contributed by atoms with Crippen molar-refractivity contribution in [2.24, 2.45) is 0 Å². The summed E-state index contributed by atoms with van der Waals surface area (Å²) >= 11 is 7.60. The molecule has 1 aliphatic carbocycles. The highest BCUT2D eigenvalue weighted by Gasteiger charge is 2.41. The number of aryl methyl sites for hydroxylation is 1. The number of imide groups is 1. The van der Waals surface area contributed by atoms with Gasteiger partial charge in [-0.15, -0.1) is 0 Å². The average Bonchev–Trinajstić information content (AvgIpc) is 3.44. The van der Waals surface area contributed by atoms with Crippen molar-refractivity contribution >= 4 is 34.5 Å². The molecule has 2 atom stereocenters. The third kappa shape index (κ3) is 3.96. The monoisotopic (exact) mass is 442 g/mol. The minimum absolute atomic E-state index is 0.0685. The number of benzene rings is 2. The lowest BCUT2D eigenvalue weighted by molar-refractivity contribution is -0.119. The fourth-order valence-corrected chi connectivity index (χ4v) is 5.94. The molecule has 2 heterocycles. The van der Waals surface area contributed by atoms with Crippen LogP contribution in [0.1, 0.15) is 41.9 Å². The predicted molar refractivity (Wildman–Crippen MR) is 118 cm³/mol. The Hall–Kier alpha value is -2.02. The van der Waals surface area contributed by atoms with E-state index in [2.05, 4.69) is 16.3 Å². The van der Waals surface area contributed by atoms with Crippen LogP contribution in [-0.2, 0) is 17.8 Å². The molecule has 1 unspecified atom stereocenters. The number of nitrogens with zero attached hydrogens (tertiary/aromatic N) is 1. The molecule has 30 heavy (non-hydrogen) atoms. The molecule has 5 rings (SSSR count). The summed E-state index contributed by atoms with van der Waals surface area (Å²) in [6.45, 7) is 3.23. The number of fused-ring (bicyclic) bond motifs is 1. The molecular formula is C23H23ClN2O3S. The molecule has 5 nitrogen and oxygen atoms in total. The maximum Gasteiger partial charge on any atom is 0.286 e. The largest absolute Gasteiger partial charge is 0.456 e. The molecular weight excluding hydrogens is 420 g/mol. The van der Waals surface area contributed by atoms with Gasteiger partial charge in [0.1, 0.15) is 16.7 Å². The van der Waals surface area contributed by atoms with E-state index in [9.17, 15) is 9.59 Å². The molecule has 3 aliphatic rings. The summed E-state index contributed by atoms with van der Waals surface area (Å²) in [5.74, 6) is 1.28. The van der Waals surface area contributed by atoms with Gasteiger partial charge in [0.2, 0.25) is 5.91 Å². The second-order valence-corrected chi connectivity index (χ2v) is 9.69. The molecule has 0 saturated carbocycles. The fraction of sp³-hybridized carbons (Fsp3) is 0.391. The van der Waals surface area contributed by atoms with Crippen LogP contribution >= 0.6 is 23.4 Å². The first-order chi connectivity index (χ1) is 14.6. The molecule has 2 aromatic rings. The number of ether oxygens (including phenoxy) is 1. The summed E-state index contributed by atoms with van der Waals surface area (Å²) in [7, 11) is 0. The van der Waals surface area contributed by atoms with E-state index in [1.807, 2.05) is 30.3 Å². The first kappa shape index (κ1) is 19.9. The second-order valence-electron chi connectivity index (χ2n) is 8.17. The van der Waals surface area contributed by atoms with E-state index in [4.69, 9.17) is 16.3 Å². The number of likely N-dealkylation sites (tertiary alicyclic amines) is 1. The fourth-order valence-electron chi connectivity index (χ4n) is 4.69. The Bertz CT molecular complexity index is 1010. The Balaban J connectivity index is 1.29. The van der Waals surface area contributed by atoms with Gasteiger partial charge < -0.3 is 4.74 Å². The predicted octanol–water partition coefficient (Wildman–Crippen LogP) is 5.11. The van der Waals surface area contributed by atoms with Gasteiger partial charge >= 0.3 is 0 Å². The van der Waals surface area contributed by atoms with E-state index in [0.29, 0.717) is 10.8 Å². The Morgan fingerprint density at radius 3 is 2.70 bits per heavy atom. The molecule has 0 aromatic heterocycles. The Kier molecular flexibility index (Phi) is 5.48. The number of carbonyl (C=O) groups is 2. The summed E-state index contributed by atoms with van der Waals surface area (Å²) in [6, 6.07) is 12.0. The van der Waals surface area contributed by atoms with Crippen LogP contribution in [0.2, 0.25) is 5.02 Å². The molecule has 0 spiro atoms. The number of nitrogens with one attached hydrogen (secondary N) is 1. The van der Waals surface area contributed by atoms with Crippen LogP contribution in [0.5, 0.6) is 11.5 Å². The summed E-state index contributed by atoms with van der Waals surface area (Å²) in [6.07, 6.45) is 4.28. The highest BCUT2D eigenvalue weighted by Crippen LogP contribution is 2.43. The van der Waals surface area contributed by atoms with Gasteiger partial charge in [0.15, 0.2) is 0 Å². The van der Waals surface area contributed by atoms with Gasteiger partial charge in [-0.25, -0.2) is 0 Å². The summed E-state index contributed by atoms with van der Waals surface area (Å²) in [4.78, 5) is 26.1. The van der Waals surface area contributed by atoms with Crippen LogP contribution in [0.15, 0.2) is 36.4 Å². The van der Waals surface area contributed by atoms with Crippen molar-refractivity contribution in [1.29, 1.82) is 0 Å². The molecule has 2 aromatic carbocycles.